The summed E-state index contributed by atoms with van der Waals surface area (Å²) in [5.74, 6) is -0.149. The van der Waals surface area contributed by atoms with Crippen molar-refractivity contribution in [2.45, 2.75) is 17.9 Å². The second kappa shape index (κ2) is 9.31. The minimum Gasteiger partial charge on any atom is -0.378 e. The van der Waals surface area contributed by atoms with Crippen LogP contribution in [0.3, 0.4) is 0 Å². The van der Waals surface area contributed by atoms with Gasteiger partial charge in [0, 0.05) is 19.6 Å². The molecule has 0 unspecified atom stereocenters. The molecule has 1 aromatic heterocycles. The maximum absolute atomic E-state index is 12.7. The predicted molar refractivity (Wildman–Crippen MR) is 119 cm³/mol. The molecule has 4 rings (SSSR count). The van der Waals surface area contributed by atoms with Gasteiger partial charge in [0.2, 0.25) is 15.9 Å². The molecule has 1 N–H and O–H groups in total. The van der Waals surface area contributed by atoms with Gasteiger partial charge in [-0.15, -0.1) is 0 Å². The highest BCUT2D eigenvalue weighted by Gasteiger charge is 2.21. The number of thiazole rings is 1. The fourth-order valence-electron chi connectivity index (χ4n) is 3.47. The van der Waals surface area contributed by atoms with Crippen LogP contribution in [0.1, 0.15) is 5.56 Å². The molecule has 164 valence electrons. The molecule has 2 aromatic carbocycles. The maximum Gasteiger partial charge on any atom is 0.308 e. The minimum absolute atomic E-state index is 0.0692. The van der Waals surface area contributed by atoms with Crippen LogP contribution < -0.4 is 9.60 Å². The molecule has 10 heteroatoms. The predicted octanol–water partition coefficient (Wildman–Crippen LogP) is 1.44. The Kier molecular flexibility index (Phi) is 6.51. The van der Waals surface area contributed by atoms with Crippen molar-refractivity contribution in [1.29, 1.82) is 0 Å². The number of hydrogen-bond acceptors (Lipinski definition) is 6. The summed E-state index contributed by atoms with van der Waals surface area (Å²) in [6.45, 7) is 2.20. The van der Waals surface area contributed by atoms with Gasteiger partial charge in [0.25, 0.3) is 0 Å². The highest BCUT2D eigenvalue weighted by atomic mass is 32.2. The van der Waals surface area contributed by atoms with Crippen molar-refractivity contribution in [2.75, 3.05) is 32.8 Å². The number of fused-ring (bicyclic) bond motifs is 1. The fourth-order valence-corrected chi connectivity index (χ4v) is 5.53. The van der Waals surface area contributed by atoms with Gasteiger partial charge in [0.1, 0.15) is 6.54 Å². The van der Waals surface area contributed by atoms with Gasteiger partial charge in [-0.1, -0.05) is 41.7 Å². The zero-order valence-corrected chi connectivity index (χ0v) is 18.5. The molecule has 0 aliphatic carbocycles. The van der Waals surface area contributed by atoms with E-state index in [2.05, 4.69) is 4.72 Å². The van der Waals surface area contributed by atoms with Crippen molar-refractivity contribution in [2.24, 2.45) is 0 Å². The molecule has 0 saturated carbocycles. The molecule has 1 saturated heterocycles. The fraction of sp³-hybridized carbons (Fsp3) is 0.333. The first-order valence-electron chi connectivity index (χ1n) is 9.96. The molecule has 3 aromatic rings. The molecule has 0 atom stereocenters. The van der Waals surface area contributed by atoms with E-state index in [4.69, 9.17) is 4.74 Å². The lowest BCUT2D eigenvalue weighted by molar-refractivity contribution is -0.135. The Morgan fingerprint density at radius 3 is 2.58 bits per heavy atom. The molecule has 0 bridgehead atoms. The molecule has 1 aliphatic rings. The third kappa shape index (κ3) is 5.04. The van der Waals surface area contributed by atoms with Crippen molar-refractivity contribution < 1.29 is 17.9 Å². The molecule has 1 aliphatic heterocycles. The number of nitrogens with one attached hydrogen (secondary N) is 1. The van der Waals surface area contributed by atoms with E-state index in [9.17, 15) is 18.0 Å². The van der Waals surface area contributed by atoms with Gasteiger partial charge in [-0.3, -0.25) is 14.2 Å². The Labute approximate surface area is 184 Å². The van der Waals surface area contributed by atoms with Crippen LogP contribution in [0.5, 0.6) is 0 Å². The van der Waals surface area contributed by atoms with Gasteiger partial charge in [0.05, 0.1) is 28.3 Å². The van der Waals surface area contributed by atoms with E-state index >= 15 is 0 Å². The van der Waals surface area contributed by atoms with Gasteiger partial charge >= 0.3 is 4.87 Å². The zero-order chi connectivity index (χ0) is 21.8. The third-order valence-electron chi connectivity index (χ3n) is 5.16. The van der Waals surface area contributed by atoms with Crippen LogP contribution in [0, 0.1) is 0 Å². The van der Waals surface area contributed by atoms with Gasteiger partial charge in [0.15, 0.2) is 0 Å². The maximum atomic E-state index is 12.7. The monoisotopic (exact) mass is 461 g/mol. The highest BCUT2D eigenvalue weighted by Crippen LogP contribution is 2.22. The number of nitrogens with zero attached hydrogens (tertiary/aromatic N) is 2. The van der Waals surface area contributed by atoms with Crippen LogP contribution in [-0.4, -0.2) is 56.6 Å². The Morgan fingerprint density at radius 1 is 1.10 bits per heavy atom. The summed E-state index contributed by atoms with van der Waals surface area (Å²) >= 11 is 0.938. The van der Waals surface area contributed by atoms with Crippen LogP contribution in [-0.2, 0) is 32.5 Å². The van der Waals surface area contributed by atoms with E-state index in [1.54, 1.807) is 11.0 Å². The van der Waals surface area contributed by atoms with E-state index in [1.807, 2.05) is 30.3 Å². The van der Waals surface area contributed by atoms with Crippen LogP contribution >= 0.6 is 11.3 Å². The number of aromatic nitrogens is 1. The smallest absolute Gasteiger partial charge is 0.308 e. The lowest BCUT2D eigenvalue weighted by atomic mass is 10.2. The number of sulfonamides is 1. The first kappa shape index (κ1) is 21.7. The van der Waals surface area contributed by atoms with Gasteiger partial charge in [-0.25, -0.2) is 13.1 Å². The quantitative estimate of drug-likeness (QED) is 0.574. The van der Waals surface area contributed by atoms with E-state index in [0.717, 1.165) is 16.9 Å². The Hall–Kier alpha value is -2.53. The normalized spacial score (nSPS) is 14.8. The molecule has 0 spiro atoms. The van der Waals surface area contributed by atoms with E-state index < -0.39 is 10.0 Å². The van der Waals surface area contributed by atoms with Gasteiger partial charge in [-0.05, 0) is 30.2 Å². The lowest BCUT2D eigenvalue weighted by Crippen LogP contribution is -2.43. The lowest BCUT2D eigenvalue weighted by Gasteiger charge is -2.26. The minimum atomic E-state index is -3.71. The summed E-state index contributed by atoms with van der Waals surface area (Å²) in [5, 5.41) is 0. The number of amides is 1. The van der Waals surface area contributed by atoms with Crippen molar-refractivity contribution in [1.82, 2.24) is 14.2 Å². The number of hydrogen-bond donors (Lipinski definition) is 1. The Morgan fingerprint density at radius 2 is 1.84 bits per heavy atom. The number of carbonyl (C=O) groups is 1. The standard InChI is InChI=1S/C21H23N3O5S2/c25-20(23-10-12-29-13-11-23)15-24-18-7-6-17(14-19(18)30-21(24)26)31(27,28)22-9-8-16-4-2-1-3-5-16/h1-7,14,22H,8-13,15H2. The van der Waals surface area contributed by atoms with E-state index in [1.165, 1.54) is 16.7 Å². The van der Waals surface area contributed by atoms with Crippen molar-refractivity contribution >= 4 is 37.5 Å². The number of carbonyl (C=O) groups excluding carboxylic acids is 1. The molecule has 1 fully saturated rings. The Balaban J connectivity index is 1.49. The summed E-state index contributed by atoms with van der Waals surface area (Å²) in [7, 11) is -3.71. The summed E-state index contributed by atoms with van der Waals surface area (Å²) < 4.78 is 35.1. The molecule has 1 amide bonds. The van der Waals surface area contributed by atoms with E-state index in [-0.39, 0.29) is 28.8 Å². The van der Waals surface area contributed by atoms with Crippen molar-refractivity contribution in [3.8, 4) is 0 Å². The summed E-state index contributed by atoms with van der Waals surface area (Å²) in [6.07, 6.45) is 0.579. The first-order valence-corrected chi connectivity index (χ1v) is 12.3. The summed E-state index contributed by atoms with van der Waals surface area (Å²) in [6, 6.07) is 14.2. The second-order valence-corrected chi connectivity index (χ2v) is 9.97. The Bertz CT molecular complexity index is 1230. The van der Waals surface area contributed by atoms with Gasteiger partial charge in [-0.2, -0.15) is 0 Å². The summed E-state index contributed by atoms with van der Waals surface area (Å²) in [5.41, 5.74) is 1.60. The van der Waals surface area contributed by atoms with Crippen molar-refractivity contribution in [3.63, 3.8) is 0 Å². The second-order valence-electron chi connectivity index (χ2n) is 7.21. The average molecular weight is 462 g/mol. The van der Waals surface area contributed by atoms with E-state index in [0.29, 0.717) is 42.9 Å². The number of morpholine rings is 1. The highest BCUT2D eigenvalue weighted by molar-refractivity contribution is 7.89. The molecular weight excluding hydrogens is 438 g/mol. The molecule has 31 heavy (non-hydrogen) atoms. The van der Waals surface area contributed by atoms with Crippen LogP contribution in [0.25, 0.3) is 10.2 Å². The average Bonchev–Trinajstić information content (AvgIpc) is 3.09. The topological polar surface area (TPSA) is 97.7 Å². The molecular formula is C21H23N3O5S2. The van der Waals surface area contributed by atoms with Crippen LogP contribution in [0.4, 0.5) is 0 Å². The SMILES string of the molecule is O=C(Cn1c(=O)sc2cc(S(=O)(=O)NCCc3ccccc3)ccc21)N1CCOCC1. The van der Waals surface area contributed by atoms with Crippen molar-refractivity contribution in [3.05, 3.63) is 63.8 Å². The van der Waals surface area contributed by atoms with Gasteiger partial charge < -0.3 is 9.64 Å². The number of rotatable bonds is 7. The first-order chi connectivity index (χ1) is 14.9. The number of ether oxygens (including phenoxy) is 1. The van der Waals surface area contributed by atoms with Crippen LogP contribution in [0.15, 0.2) is 58.2 Å². The molecule has 8 nitrogen and oxygen atoms in total. The largest absolute Gasteiger partial charge is 0.378 e. The zero-order valence-electron chi connectivity index (χ0n) is 16.8. The third-order valence-corrected chi connectivity index (χ3v) is 7.56. The molecule has 0 radical (unpaired) electrons. The summed E-state index contributed by atoms with van der Waals surface area (Å²) in [4.78, 5) is 26.5. The number of benzene rings is 2. The molecule has 2 heterocycles. The van der Waals surface area contributed by atoms with Crippen LogP contribution in [0.2, 0.25) is 0 Å².